The molecule has 1 aliphatic heterocycles. The average molecular weight is 324 g/mol. The highest BCUT2D eigenvalue weighted by Crippen LogP contribution is 2.33. The second kappa shape index (κ2) is 6.21. The molecule has 3 rings (SSSR count). The zero-order chi connectivity index (χ0) is 16.6. The van der Waals surface area contributed by atoms with Crippen LogP contribution in [0.15, 0.2) is 22.7 Å². The number of hydrogen-bond donors (Lipinski definition) is 1. The lowest BCUT2D eigenvalue weighted by Crippen LogP contribution is -2.24. The summed E-state index contributed by atoms with van der Waals surface area (Å²) in [7, 11) is 3.61. The van der Waals surface area contributed by atoms with Gasteiger partial charge < -0.3 is 14.5 Å². The van der Waals surface area contributed by atoms with E-state index in [0.717, 1.165) is 6.07 Å². The van der Waals surface area contributed by atoms with Crippen molar-refractivity contribution >= 4 is 5.95 Å². The molecule has 0 saturated carbocycles. The molecule has 1 aromatic carbocycles. The van der Waals surface area contributed by atoms with Gasteiger partial charge in [0.25, 0.3) is 5.95 Å². The second-order valence-electron chi connectivity index (χ2n) is 5.89. The van der Waals surface area contributed by atoms with Gasteiger partial charge in [-0.2, -0.15) is 4.98 Å². The predicted molar refractivity (Wildman–Crippen MR) is 78.8 cm³/mol. The summed E-state index contributed by atoms with van der Waals surface area (Å²) in [6, 6.07) is 3.58. The lowest BCUT2D eigenvalue weighted by atomic mass is 10.0. The second-order valence-corrected chi connectivity index (χ2v) is 5.89. The number of aliphatic hydroxyl groups is 1. The van der Waals surface area contributed by atoms with Gasteiger partial charge in [0, 0.05) is 26.7 Å². The summed E-state index contributed by atoms with van der Waals surface area (Å²) in [5.41, 5.74) is 0.618. The van der Waals surface area contributed by atoms with E-state index in [2.05, 4.69) is 10.1 Å². The maximum Gasteiger partial charge on any atom is 0.265 e. The lowest BCUT2D eigenvalue weighted by Gasteiger charge is -2.22. The van der Waals surface area contributed by atoms with Crippen LogP contribution in [-0.2, 0) is 6.54 Å². The molecule has 2 heterocycles. The van der Waals surface area contributed by atoms with Gasteiger partial charge in [-0.25, -0.2) is 8.78 Å². The first-order valence-corrected chi connectivity index (χ1v) is 7.31. The van der Waals surface area contributed by atoms with Crippen molar-refractivity contribution < 1.29 is 18.4 Å². The number of aromatic nitrogens is 2. The molecule has 0 radical (unpaired) electrons. The fourth-order valence-electron chi connectivity index (χ4n) is 2.79. The Hall–Kier alpha value is -2.06. The Morgan fingerprint density at radius 2 is 2.13 bits per heavy atom. The number of halogens is 2. The molecule has 2 unspecified atom stereocenters. The number of anilines is 1. The van der Waals surface area contributed by atoms with Crippen molar-refractivity contribution in [3.63, 3.8) is 0 Å². The molecule has 2 aromatic rings. The Labute approximate surface area is 132 Å². The van der Waals surface area contributed by atoms with Gasteiger partial charge >= 0.3 is 0 Å². The number of rotatable bonds is 4. The standard InChI is InChI=1S/C15H18F2N4O2/c1-20(2)15-18-14(23-19-15)8-21-7-10(22)6-13(21)9-3-4-11(16)12(17)5-9/h3-5,10,13,22H,6-8H2,1-2H3. The monoisotopic (exact) mass is 324 g/mol. The quantitative estimate of drug-likeness (QED) is 0.924. The van der Waals surface area contributed by atoms with Crippen molar-refractivity contribution in [2.45, 2.75) is 25.1 Å². The summed E-state index contributed by atoms with van der Waals surface area (Å²) in [6.45, 7) is 0.741. The highest BCUT2D eigenvalue weighted by Gasteiger charge is 2.33. The molecular formula is C15H18F2N4O2. The number of aliphatic hydroxyl groups excluding tert-OH is 1. The first-order valence-electron chi connectivity index (χ1n) is 7.31. The molecule has 1 N–H and O–H groups in total. The molecule has 1 saturated heterocycles. The highest BCUT2D eigenvalue weighted by molar-refractivity contribution is 5.25. The van der Waals surface area contributed by atoms with Crippen LogP contribution in [0, 0.1) is 11.6 Å². The van der Waals surface area contributed by atoms with Crippen LogP contribution in [0.2, 0.25) is 0 Å². The minimum absolute atomic E-state index is 0.227. The Balaban J connectivity index is 1.80. The van der Waals surface area contributed by atoms with Gasteiger partial charge in [0.2, 0.25) is 5.89 Å². The third-order valence-electron chi connectivity index (χ3n) is 3.91. The molecule has 6 nitrogen and oxygen atoms in total. The highest BCUT2D eigenvalue weighted by atomic mass is 19.2. The van der Waals surface area contributed by atoms with Gasteiger partial charge in [0.15, 0.2) is 11.6 Å². The minimum Gasteiger partial charge on any atom is -0.392 e. The summed E-state index contributed by atoms with van der Waals surface area (Å²) < 4.78 is 31.8. The van der Waals surface area contributed by atoms with E-state index in [1.54, 1.807) is 19.0 Å². The van der Waals surface area contributed by atoms with E-state index < -0.39 is 17.7 Å². The number of likely N-dealkylation sites (tertiary alicyclic amines) is 1. The van der Waals surface area contributed by atoms with Gasteiger partial charge in [-0.1, -0.05) is 6.07 Å². The molecule has 1 aliphatic rings. The van der Waals surface area contributed by atoms with Gasteiger partial charge in [-0.15, -0.1) is 0 Å². The molecule has 1 aromatic heterocycles. The van der Waals surface area contributed by atoms with Crippen LogP contribution < -0.4 is 4.90 Å². The van der Waals surface area contributed by atoms with E-state index in [9.17, 15) is 13.9 Å². The maximum atomic E-state index is 13.5. The van der Waals surface area contributed by atoms with E-state index in [-0.39, 0.29) is 6.04 Å². The molecule has 124 valence electrons. The molecular weight excluding hydrogens is 306 g/mol. The molecule has 23 heavy (non-hydrogen) atoms. The van der Waals surface area contributed by atoms with E-state index in [1.807, 2.05) is 4.90 Å². The smallest absolute Gasteiger partial charge is 0.265 e. The van der Waals surface area contributed by atoms with Gasteiger partial charge in [-0.05, 0) is 29.3 Å². The molecule has 2 atom stereocenters. The molecule has 0 aliphatic carbocycles. The predicted octanol–water partition coefficient (Wildman–Crippen LogP) is 1.72. The SMILES string of the molecule is CN(C)c1noc(CN2CC(O)CC2c2ccc(F)c(F)c2)n1. The van der Waals surface area contributed by atoms with Crippen molar-refractivity contribution in [2.75, 3.05) is 25.5 Å². The van der Waals surface area contributed by atoms with E-state index in [4.69, 9.17) is 4.52 Å². The number of β-amino-alcohol motifs (C(OH)–C–C–N with tert-alkyl or cyclic N) is 1. The van der Waals surface area contributed by atoms with Gasteiger partial charge in [0.05, 0.1) is 12.6 Å². The number of benzene rings is 1. The van der Waals surface area contributed by atoms with E-state index in [1.165, 1.54) is 12.1 Å². The number of hydrogen-bond acceptors (Lipinski definition) is 6. The molecule has 0 amide bonds. The van der Waals surface area contributed by atoms with Gasteiger partial charge in [-0.3, -0.25) is 4.90 Å². The first kappa shape index (κ1) is 15.8. The average Bonchev–Trinajstić information content (AvgIpc) is 3.09. The molecule has 0 bridgehead atoms. The topological polar surface area (TPSA) is 65.6 Å². The zero-order valence-corrected chi connectivity index (χ0v) is 12.9. The van der Waals surface area contributed by atoms with Crippen LogP contribution in [0.25, 0.3) is 0 Å². The summed E-state index contributed by atoms with van der Waals surface area (Å²) >= 11 is 0. The fraction of sp³-hybridized carbons (Fsp3) is 0.467. The summed E-state index contributed by atoms with van der Waals surface area (Å²) in [5, 5.41) is 13.8. The molecule has 1 fully saturated rings. The van der Waals surface area contributed by atoms with Crippen molar-refractivity contribution in [3.05, 3.63) is 41.3 Å². The van der Waals surface area contributed by atoms with Crippen molar-refractivity contribution in [3.8, 4) is 0 Å². The maximum absolute atomic E-state index is 13.5. The summed E-state index contributed by atoms with van der Waals surface area (Å²) in [5.74, 6) is -0.901. The van der Waals surface area contributed by atoms with Crippen molar-refractivity contribution in [1.82, 2.24) is 15.0 Å². The Morgan fingerprint density at radius 3 is 2.78 bits per heavy atom. The van der Waals surface area contributed by atoms with Crippen LogP contribution >= 0.6 is 0 Å². The Morgan fingerprint density at radius 1 is 1.35 bits per heavy atom. The third kappa shape index (κ3) is 3.32. The largest absolute Gasteiger partial charge is 0.392 e. The summed E-state index contributed by atoms with van der Waals surface area (Å²) in [6.07, 6.45) is -0.0934. The van der Waals surface area contributed by atoms with Crippen LogP contribution in [0.5, 0.6) is 0 Å². The molecule has 0 spiro atoms. The summed E-state index contributed by atoms with van der Waals surface area (Å²) in [4.78, 5) is 7.89. The first-order chi connectivity index (χ1) is 10.9. The number of nitrogens with zero attached hydrogens (tertiary/aromatic N) is 4. The molecule has 8 heteroatoms. The third-order valence-corrected chi connectivity index (χ3v) is 3.91. The van der Waals surface area contributed by atoms with E-state index in [0.29, 0.717) is 36.9 Å². The van der Waals surface area contributed by atoms with E-state index >= 15 is 0 Å². The Bertz CT molecular complexity index is 692. The van der Waals surface area contributed by atoms with Crippen LogP contribution in [-0.4, -0.2) is 46.9 Å². The van der Waals surface area contributed by atoms with Crippen molar-refractivity contribution in [1.29, 1.82) is 0 Å². The fourth-order valence-corrected chi connectivity index (χ4v) is 2.79. The van der Waals surface area contributed by atoms with Crippen LogP contribution in [0.1, 0.15) is 23.9 Å². The van der Waals surface area contributed by atoms with Crippen LogP contribution in [0.3, 0.4) is 0 Å². The normalized spacial score (nSPS) is 21.8. The Kier molecular flexibility index (Phi) is 4.27. The zero-order valence-electron chi connectivity index (χ0n) is 12.9. The lowest BCUT2D eigenvalue weighted by molar-refractivity contribution is 0.164. The van der Waals surface area contributed by atoms with Crippen LogP contribution in [0.4, 0.5) is 14.7 Å². The minimum atomic E-state index is -0.892. The van der Waals surface area contributed by atoms with Gasteiger partial charge in [0.1, 0.15) is 0 Å². The van der Waals surface area contributed by atoms with Crippen molar-refractivity contribution in [2.24, 2.45) is 0 Å².